The third kappa shape index (κ3) is 2.54. The van der Waals surface area contributed by atoms with Gasteiger partial charge in [-0.3, -0.25) is 4.79 Å². The molecule has 1 unspecified atom stereocenters. The highest BCUT2D eigenvalue weighted by Crippen LogP contribution is 2.28. The molecule has 3 rings (SSSR count). The number of hydrogen-bond donors (Lipinski definition) is 2. The van der Waals surface area contributed by atoms with Gasteiger partial charge in [0.05, 0.1) is 4.47 Å². The number of para-hydroxylation sites is 1. The van der Waals surface area contributed by atoms with Crippen LogP contribution in [0, 0.1) is 0 Å². The number of carbonyl (C=O) groups excluding carboxylic acids is 1. The summed E-state index contributed by atoms with van der Waals surface area (Å²) in [7, 11) is 0. The molecule has 1 aliphatic rings. The maximum absolute atomic E-state index is 12.5. The zero-order valence-corrected chi connectivity index (χ0v) is 12.6. The molecule has 1 aromatic heterocycles. The van der Waals surface area contributed by atoms with Crippen molar-refractivity contribution in [2.24, 2.45) is 0 Å². The summed E-state index contributed by atoms with van der Waals surface area (Å²) in [6.45, 7) is 1.15. The summed E-state index contributed by atoms with van der Waals surface area (Å²) >= 11 is 3.37. The van der Waals surface area contributed by atoms with Crippen molar-refractivity contribution in [2.45, 2.75) is 6.04 Å². The van der Waals surface area contributed by atoms with E-state index in [1.165, 1.54) is 4.90 Å². The molecule has 6 nitrogen and oxygen atoms in total. The van der Waals surface area contributed by atoms with Gasteiger partial charge in [0, 0.05) is 25.0 Å². The standard InChI is InChI=1S/C14H13BrN2O4/c15-9-3-1-2-8-6-11(21-12(8)9)13(18)17-5-4-16-7-10(17)14(19)20/h1-3,6,10,16H,4-5,7H2,(H,19,20). The summed E-state index contributed by atoms with van der Waals surface area (Å²) in [5, 5.41) is 13.0. The first-order valence-corrected chi connectivity index (χ1v) is 7.30. The molecule has 1 amide bonds. The van der Waals surface area contributed by atoms with Crippen LogP contribution in [0.2, 0.25) is 0 Å². The van der Waals surface area contributed by atoms with Gasteiger partial charge in [0.15, 0.2) is 5.76 Å². The van der Waals surface area contributed by atoms with E-state index in [1.807, 2.05) is 18.2 Å². The van der Waals surface area contributed by atoms with Crippen molar-refractivity contribution in [3.63, 3.8) is 0 Å². The van der Waals surface area contributed by atoms with E-state index < -0.39 is 17.9 Å². The van der Waals surface area contributed by atoms with E-state index in [2.05, 4.69) is 21.2 Å². The number of carbonyl (C=O) groups is 2. The van der Waals surface area contributed by atoms with Crippen LogP contribution in [0.15, 0.2) is 33.2 Å². The van der Waals surface area contributed by atoms with Gasteiger partial charge in [-0.2, -0.15) is 0 Å². The molecule has 1 aliphatic heterocycles. The van der Waals surface area contributed by atoms with Crippen molar-refractivity contribution in [1.82, 2.24) is 10.2 Å². The Hall–Kier alpha value is -1.86. The highest BCUT2D eigenvalue weighted by molar-refractivity contribution is 9.10. The number of hydrogen-bond acceptors (Lipinski definition) is 4. The maximum Gasteiger partial charge on any atom is 0.327 e. The lowest BCUT2D eigenvalue weighted by Crippen LogP contribution is -2.56. The number of carboxylic acid groups (broad SMARTS) is 1. The third-order valence-electron chi connectivity index (χ3n) is 3.50. The molecular formula is C14H13BrN2O4. The second-order valence-electron chi connectivity index (χ2n) is 4.83. The monoisotopic (exact) mass is 352 g/mol. The fraction of sp³-hybridized carbons (Fsp3) is 0.286. The predicted octanol–water partition coefficient (Wildman–Crippen LogP) is 1.69. The van der Waals surface area contributed by atoms with E-state index in [4.69, 9.17) is 4.42 Å². The van der Waals surface area contributed by atoms with Gasteiger partial charge in [-0.05, 0) is 28.1 Å². The van der Waals surface area contributed by atoms with E-state index >= 15 is 0 Å². The number of carboxylic acids is 1. The van der Waals surface area contributed by atoms with Crippen molar-refractivity contribution < 1.29 is 19.1 Å². The first-order valence-electron chi connectivity index (χ1n) is 6.50. The molecule has 0 spiro atoms. The van der Waals surface area contributed by atoms with Crippen LogP contribution in [0.1, 0.15) is 10.6 Å². The second kappa shape index (κ2) is 5.50. The lowest BCUT2D eigenvalue weighted by atomic mass is 10.1. The van der Waals surface area contributed by atoms with E-state index in [0.29, 0.717) is 18.7 Å². The Kier molecular flexibility index (Phi) is 3.69. The summed E-state index contributed by atoms with van der Waals surface area (Å²) in [5.74, 6) is -1.26. The summed E-state index contributed by atoms with van der Waals surface area (Å²) in [5.41, 5.74) is 0.586. The maximum atomic E-state index is 12.5. The molecule has 1 saturated heterocycles. The van der Waals surface area contributed by atoms with Crippen molar-refractivity contribution in [3.8, 4) is 0 Å². The number of nitrogens with one attached hydrogen (secondary N) is 1. The van der Waals surface area contributed by atoms with E-state index in [0.717, 1.165) is 9.86 Å². The van der Waals surface area contributed by atoms with Gasteiger partial charge in [0.25, 0.3) is 5.91 Å². The fourth-order valence-electron chi connectivity index (χ4n) is 2.44. The van der Waals surface area contributed by atoms with Gasteiger partial charge in [0.1, 0.15) is 11.6 Å². The summed E-state index contributed by atoms with van der Waals surface area (Å²) in [6.07, 6.45) is 0. The van der Waals surface area contributed by atoms with Gasteiger partial charge < -0.3 is 19.7 Å². The minimum Gasteiger partial charge on any atom is -0.480 e. The molecule has 0 saturated carbocycles. The number of nitrogens with zero attached hydrogens (tertiary/aromatic N) is 1. The molecule has 110 valence electrons. The van der Waals surface area contributed by atoms with Crippen LogP contribution < -0.4 is 5.32 Å². The SMILES string of the molecule is O=C(O)C1CNCCN1C(=O)c1cc2cccc(Br)c2o1. The van der Waals surface area contributed by atoms with Crippen LogP contribution in [-0.2, 0) is 4.79 Å². The Morgan fingerprint density at radius 1 is 1.43 bits per heavy atom. The minimum atomic E-state index is -1.02. The molecule has 2 heterocycles. The van der Waals surface area contributed by atoms with E-state index in [-0.39, 0.29) is 12.3 Å². The van der Waals surface area contributed by atoms with Crippen LogP contribution in [0.3, 0.4) is 0 Å². The van der Waals surface area contributed by atoms with Gasteiger partial charge >= 0.3 is 5.97 Å². The molecule has 1 aromatic carbocycles. The number of furan rings is 1. The normalized spacial score (nSPS) is 18.9. The first-order chi connectivity index (χ1) is 10.1. The molecule has 1 fully saturated rings. The Bertz CT molecular complexity index is 712. The quantitative estimate of drug-likeness (QED) is 0.859. The molecule has 0 radical (unpaired) electrons. The van der Waals surface area contributed by atoms with Crippen molar-refractivity contribution >= 4 is 38.8 Å². The van der Waals surface area contributed by atoms with Gasteiger partial charge in [-0.15, -0.1) is 0 Å². The minimum absolute atomic E-state index is 0.157. The number of fused-ring (bicyclic) bond motifs is 1. The number of aliphatic carboxylic acids is 1. The van der Waals surface area contributed by atoms with Crippen molar-refractivity contribution in [2.75, 3.05) is 19.6 Å². The van der Waals surface area contributed by atoms with Gasteiger partial charge in [-0.25, -0.2) is 4.79 Å². The molecular weight excluding hydrogens is 340 g/mol. The number of benzene rings is 1. The van der Waals surface area contributed by atoms with Gasteiger partial charge in [-0.1, -0.05) is 12.1 Å². The largest absolute Gasteiger partial charge is 0.480 e. The Labute approximate surface area is 128 Å². The average Bonchev–Trinajstić information content (AvgIpc) is 2.92. The molecule has 21 heavy (non-hydrogen) atoms. The van der Waals surface area contributed by atoms with Crippen molar-refractivity contribution in [1.29, 1.82) is 0 Å². The molecule has 0 aliphatic carbocycles. The smallest absolute Gasteiger partial charge is 0.327 e. The number of halogens is 1. The topological polar surface area (TPSA) is 82.8 Å². The highest BCUT2D eigenvalue weighted by atomic mass is 79.9. The van der Waals surface area contributed by atoms with Crippen LogP contribution >= 0.6 is 15.9 Å². The van der Waals surface area contributed by atoms with Crippen LogP contribution in [0.25, 0.3) is 11.0 Å². The molecule has 1 atom stereocenters. The molecule has 7 heteroatoms. The third-order valence-corrected chi connectivity index (χ3v) is 4.12. The fourth-order valence-corrected chi connectivity index (χ4v) is 2.90. The average molecular weight is 353 g/mol. The van der Waals surface area contributed by atoms with Crippen LogP contribution in [0.5, 0.6) is 0 Å². The van der Waals surface area contributed by atoms with Gasteiger partial charge in [0.2, 0.25) is 0 Å². The zero-order valence-electron chi connectivity index (χ0n) is 11.0. The summed E-state index contributed by atoms with van der Waals surface area (Å²) < 4.78 is 6.35. The first kappa shape index (κ1) is 14.1. The summed E-state index contributed by atoms with van der Waals surface area (Å²) in [4.78, 5) is 25.1. The number of piperazine rings is 1. The number of rotatable bonds is 2. The Balaban J connectivity index is 1.95. The summed E-state index contributed by atoms with van der Waals surface area (Å²) in [6, 6.07) is 6.28. The predicted molar refractivity (Wildman–Crippen MR) is 79.2 cm³/mol. The van der Waals surface area contributed by atoms with Crippen molar-refractivity contribution in [3.05, 3.63) is 34.5 Å². The van der Waals surface area contributed by atoms with Crippen LogP contribution in [-0.4, -0.2) is 47.6 Å². The number of amides is 1. The molecule has 2 aromatic rings. The zero-order chi connectivity index (χ0) is 15.0. The second-order valence-corrected chi connectivity index (χ2v) is 5.68. The lowest BCUT2D eigenvalue weighted by molar-refractivity contribution is -0.142. The lowest BCUT2D eigenvalue weighted by Gasteiger charge is -2.32. The Morgan fingerprint density at radius 3 is 2.95 bits per heavy atom. The molecule has 0 bridgehead atoms. The van der Waals surface area contributed by atoms with E-state index in [1.54, 1.807) is 6.07 Å². The molecule has 2 N–H and O–H groups in total. The highest BCUT2D eigenvalue weighted by Gasteiger charge is 2.33. The van der Waals surface area contributed by atoms with Crippen LogP contribution in [0.4, 0.5) is 0 Å². The Morgan fingerprint density at radius 2 is 2.24 bits per heavy atom. The van der Waals surface area contributed by atoms with E-state index in [9.17, 15) is 14.7 Å².